The van der Waals surface area contributed by atoms with E-state index >= 15 is 0 Å². The molecule has 1 unspecified atom stereocenters. The highest BCUT2D eigenvalue weighted by Crippen LogP contribution is 2.32. The van der Waals surface area contributed by atoms with Crippen LogP contribution >= 0.6 is 0 Å². The maximum Gasteiger partial charge on any atom is 0.389 e. The van der Waals surface area contributed by atoms with Crippen molar-refractivity contribution in [3.63, 3.8) is 0 Å². The molecule has 1 aromatic carbocycles. The van der Waals surface area contributed by atoms with Crippen molar-refractivity contribution in [1.29, 1.82) is 0 Å². The minimum Gasteiger partial charge on any atom is -0.396 e. The van der Waals surface area contributed by atoms with Crippen LogP contribution in [-0.2, 0) is 11.2 Å². The average Bonchev–Trinajstić information content (AvgIpc) is 3.31. The van der Waals surface area contributed by atoms with Crippen LogP contribution in [0.2, 0.25) is 0 Å². The molecule has 0 spiro atoms. The topological polar surface area (TPSA) is 77.9 Å². The van der Waals surface area contributed by atoms with Gasteiger partial charge in [-0.15, -0.1) is 0 Å². The lowest BCUT2D eigenvalue weighted by molar-refractivity contribution is -0.143. The smallest absolute Gasteiger partial charge is 0.389 e. The van der Waals surface area contributed by atoms with E-state index in [9.17, 15) is 23.1 Å². The Hall–Kier alpha value is -2.85. The molecule has 196 valence electrons. The Balaban J connectivity index is 1.53. The molecule has 0 saturated carbocycles. The fourth-order valence-corrected chi connectivity index (χ4v) is 4.79. The van der Waals surface area contributed by atoms with Crippen LogP contribution in [0.15, 0.2) is 30.3 Å². The molecule has 1 atom stereocenters. The summed E-state index contributed by atoms with van der Waals surface area (Å²) >= 11 is 0. The highest BCUT2D eigenvalue weighted by Gasteiger charge is 2.36. The van der Waals surface area contributed by atoms with Gasteiger partial charge in [0.25, 0.3) is 0 Å². The van der Waals surface area contributed by atoms with Gasteiger partial charge in [0.15, 0.2) is 0 Å². The minimum atomic E-state index is -4.22. The third-order valence-electron chi connectivity index (χ3n) is 6.68. The van der Waals surface area contributed by atoms with Crippen molar-refractivity contribution in [3.05, 3.63) is 41.6 Å². The summed E-state index contributed by atoms with van der Waals surface area (Å²) in [6.45, 7) is 5.26. The quantitative estimate of drug-likeness (QED) is 0.573. The van der Waals surface area contributed by atoms with Crippen molar-refractivity contribution >= 4 is 17.5 Å². The molecule has 2 aliphatic rings. The Morgan fingerprint density at radius 2 is 1.97 bits per heavy atom. The van der Waals surface area contributed by atoms with Gasteiger partial charge < -0.3 is 25.0 Å². The standard InChI is InChI=1S/C26H33F3N4O3/c1-18-4-5-22(31-25(35)33-7-6-19(17-33)16-26(27,28)29)15-23(18)20-13-21(3-2-10-34)30-24(14-20)32-8-11-36-12-9-32/h4-5,13-15,19,34H,2-3,6-12,16-17H2,1H3,(H,31,35). The molecule has 7 nitrogen and oxygen atoms in total. The first-order valence-electron chi connectivity index (χ1n) is 12.4. The number of hydrogen-bond donors (Lipinski definition) is 2. The maximum absolute atomic E-state index is 12.8. The summed E-state index contributed by atoms with van der Waals surface area (Å²) < 4.78 is 43.6. The zero-order valence-corrected chi connectivity index (χ0v) is 20.5. The Morgan fingerprint density at radius 1 is 1.19 bits per heavy atom. The van der Waals surface area contributed by atoms with Crippen molar-refractivity contribution in [3.8, 4) is 11.1 Å². The van der Waals surface area contributed by atoms with Gasteiger partial charge in [0.05, 0.1) is 13.2 Å². The van der Waals surface area contributed by atoms with Crippen molar-refractivity contribution in [2.75, 3.05) is 56.2 Å². The second kappa shape index (κ2) is 11.5. The Labute approximate surface area is 209 Å². The van der Waals surface area contributed by atoms with Crippen LogP contribution in [0.4, 0.5) is 29.5 Å². The molecule has 2 N–H and O–H groups in total. The number of aryl methyl sites for hydroxylation is 2. The SMILES string of the molecule is Cc1ccc(NC(=O)N2CCC(CC(F)(F)F)C2)cc1-c1cc(CCCO)nc(N2CCOCC2)c1. The number of carbonyl (C=O) groups is 1. The van der Waals surface area contributed by atoms with Gasteiger partial charge >= 0.3 is 12.2 Å². The zero-order chi connectivity index (χ0) is 25.7. The number of hydrogen-bond acceptors (Lipinski definition) is 5. The van der Waals surface area contributed by atoms with Crippen LogP contribution in [-0.4, -0.2) is 73.2 Å². The zero-order valence-electron chi connectivity index (χ0n) is 20.5. The normalized spacial score (nSPS) is 18.5. The number of rotatable bonds is 7. The molecule has 1 aromatic heterocycles. The average molecular weight is 507 g/mol. The van der Waals surface area contributed by atoms with Gasteiger partial charge in [0.1, 0.15) is 5.82 Å². The molecular weight excluding hydrogens is 473 g/mol. The van der Waals surface area contributed by atoms with Crippen molar-refractivity contribution in [2.24, 2.45) is 5.92 Å². The number of nitrogens with zero attached hydrogens (tertiary/aromatic N) is 3. The van der Waals surface area contributed by atoms with Gasteiger partial charge in [0.2, 0.25) is 0 Å². The minimum absolute atomic E-state index is 0.0830. The van der Waals surface area contributed by atoms with Gasteiger partial charge in [-0.3, -0.25) is 0 Å². The number of nitrogens with one attached hydrogen (secondary N) is 1. The van der Waals surface area contributed by atoms with E-state index in [1.54, 1.807) is 6.07 Å². The summed E-state index contributed by atoms with van der Waals surface area (Å²) in [6.07, 6.45) is -3.48. The fourth-order valence-electron chi connectivity index (χ4n) is 4.79. The van der Waals surface area contributed by atoms with Crippen molar-refractivity contribution < 1.29 is 27.8 Å². The summed E-state index contributed by atoms with van der Waals surface area (Å²) in [5.41, 5.74) is 4.38. The lowest BCUT2D eigenvalue weighted by Crippen LogP contribution is -2.36. The molecule has 0 radical (unpaired) electrons. The fraction of sp³-hybridized carbons (Fsp3) is 0.538. The second-order valence-corrected chi connectivity index (χ2v) is 9.51. The first-order valence-corrected chi connectivity index (χ1v) is 12.4. The Morgan fingerprint density at radius 3 is 2.69 bits per heavy atom. The molecule has 2 saturated heterocycles. The molecule has 2 aromatic rings. The third kappa shape index (κ3) is 6.88. The molecular formula is C26H33F3N4O3. The summed E-state index contributed by atoms with van der Waals surface area (Å²) in [4.78, 5) is 21.2. The van der Waals surface area contributed by atoms with E-state index in [0.29, 0.717) is 44.7 Å². The molecule has 2 amide bonds. The van der Waals surface area contributed by atoms with Crippen LogP contribution < -0.4 is 10.2 Å². The summed E-state index contributed by atoms with van der Waals surface area (Å²) in [5.74, 6) is 0.294. The predicted octanol–water partition coefficient (Wildman–Crippen LogP) is 4.62. The van der Waals surface area contributed by atoms with E-state index in [0.717, 1.165) is 41.3 Å². The lowest BCUT2D eigenvalue weighted by atomic mass is 9.99. The molecule has 2 fully saturated rings. The van der Waals surface area contributed by atoms with Gasteiger partial charge in [-0.1, -0.05) is 6.07 Å². The van der Waals surface area contributed by atoms with E-state index in [2.05, 4.69) is 10.2 Å². The predicted molar refractivity (Wildman–Crippen MR) is 132 cm³/mol. The van der Waals surface area contributed by atoms with Crippen molar-refractivity contribution in [2.45, 2.75) is 38.8 Å². The van der Waals surface area contributed by atoms with E-state index in [1.165, 1.54) is 4.90 Å². The van der Waals surface area contributed by atoms with E-state index in [4.69, 9.17) is 9.72 Å². The van der Waals surface area contributed by atoms with Crippen LogP contribution in [0.3, 0.4) is 0 Å². The van der Waals surface area contributed by atoms with Gasteiger partial charge in [0, 0.05) is 50.6 Å². The highest BCUT2D eigenvalue weighted by atomic mass is 19.4. The number of carbonyl (C=O) groups excluding carboxylic acids is 1. The molecule has 3 heterocycles. The van der Waals surface area contributed by atoms with E-state index < -0.39 is 18.5 Å². The highest BCUT2D eigenvalue weighted by molar-refractivity contribution is 5.90. The number of ether oxygens (including phenoxy) is 1. The molecule has 10 heteroatoms. The summed E-state index contributed by atoms with van der Waals surface area (Å²) in [6, 6.07) is 9.27. The number of halogens is 3. The number of benzene rings is 1. The molecule has 2 aliphatic heterocycles. The molecule has 4 rings (SSSR count). The number of pyridine rings is 1. The molecule has 0 bridgehead atoms. The number of anilines is 2. The second-order valence-electron chi connectivity index (χ2n) is 9.51. The molecule has 0 aliphatic carbocycles. The van der Waals surface area contributed by atoms with E-state index in [1.807, 2.05) is 31.2 Å². The number of aromatic nitrogens is 1. The van der Waals surface area contributed by atoms with Crippen LogP contribution in [0.25, 0.3) is 11.1 Å². The first kappa shape index (κ1) is 26.2. The van der Waals surface area contributed by atoms with Gasteiger partial charge in [-0.25, -0.2) is 9.78 Å². The number of aliphatic hydroxyl groups is 1. The number of likely N-dealkylation sites (tertiary alicyclic amines) is 1. The number of alkyl halides is 3. The molecule has 36 heavy (non-hydrogen) atoms. The van der Waals surface area contributed by atoms with Crippen molar-refractivity contribution in [1.82, 2.24) is 9.88 Å². The third-order valence-corrected chi connectivity index (χ3v) is 6.68. The van der Waals surface area contributed by atoms with E-state index in [-0.39, 0.29) is 19.2 Å². The van der Waals surface area contributed by atoms with Crippen LogP contribution in [0.1, 0.15) is 30.5 Å². The Bertz CT molecular complexity index is 1060. The number of urea groups is 1. The van der Waals surface area contributed by atoms with Gasteiger partial charge in [-0.05, 0) is 73.1 Å². The maximum atomic E-state index is 12.8. The monoisotopic (exact) mass is 506 g/mol. The summed E-state index contributed by atoms with van der Waals surface area (Å²) in [5, 5.41) is 12.2. The van der Waals surface area contributed by atoms with Gasteiger partial charge in [-0.2, -0.15) is 13.2 Å². The van der Waals surface area contributed by atoms with Crippen LogP contribution in [0.5, 0.6) is 0 Å². The number of aliphatic hydroxyl groups excluding tert-OH is 1. The van der Waals surface area contributed by atoms with Crippen LogP contribution in [0, 0.1) is 12.8 Å². The Kier molecular flexibility index (Phi) is 8.35. The number of morpholine rings is 1. The first-order chi connectivity index (χ1) is 17.2. The summed E-state index contributed by atoms with van der Waals surface area (Å²) in [7, 11) is 0. The lowest BCUT2D eigenvalue weighted by Gasteiger charge is -2.28. The largest absolute Gasteiger partial charge is 0.396 e. The number of amides is 2.